The predicted octanol–water partition coefficient (Wildman–Crippen LogP) is 2.57. The molecule has 0 radical (unpaired) electrons. The second-order valence-electron chi connectivity index (χ2n) is 4.96. The lowest BCUT2D eigenvalue weighted by Gasteiger charge is -2.13. The predicted molar refractivity (Wildman–Crippen MR) is 73.1 cm³/mol. The van der Waals surface area contributed by atoms with Crippen molar-refractivity contribution in [3.63, 3.8) is 0 Å². The molecule has 0 atom stereocenters. The number of furan rings is 1. The molecule has 0 saturated heterocycles. The lowest BCUT2D eigenvalue weighted by atomic mass is 10.2. The minimum absolute atomic E-state index is 0.459. The van der Waals surface area contributed by atoms with Crippen molar-refractivity contribution in [2.75, 3.05) is 7.05 Å². The largest absolute Gasteiger partial charge is 0.461 e. The zero-order valence-electron chi connectivity index (χ0n) is 12.2. The van der Waals surface area contributed by atoms with E-state index in [-0.39, 0.29) is 0 Å². The van der Waals surface area contributed by atoms with Crippen molar-refractivity contribution in [2.45, 2.75) is 26.9 Å². The average Bonchev–Trinajstić information content (AvgIpc) is 3.16. The highest BCUT2D eigenvalue weighted by molar-refractivity contribution is 5.44. The summed E-state index contributed by atoms with van der Waals surface area (Å²) in [4.78, 5) is 6.38. The van der Waals surface area contributed by atoms with Gasteiger partial charge in [-0.1, -0.05) is 10.3 Å². The Morgan fingerprint density at radius 1 is 1.14 bits per heavy atom. The average molecular weight is 288 g/mol. The van der Waals surface area contributed by atoms with E-state index in [9.17, 15) is 0 Å². The van der Waals surface area contributed by atoms with Crippen molar-refractivity contribution >= 4 is 0 Å². The van der Waals surface area contributed by atoms with Crippen LogP contribution >= 0.6 is 0 Å². The highest BCUT2D eigenvalue weighted by Gasteiger charge is 2.15. The fourth-order valence-corrected chi connectivity index (χ4v) is 2.11. The molecule has 7 heteroatoms. The lowest BCUT2D eigenvalue weighted by molar-refractivity contribution is 0.259. The topological polar surface area (TPSA) is 81.3 Å². The van der Waals surface area contributed by atoms with Gasteiger partial charge >= 0.3 is 0 Å². The molecule has 3 aromatic heterocycles. The van der Waals surface area contributed by atoms with Gasteiger partial charge in [-0.3, -0.25) is 4.90 Å². The van der Waals surface area contributed by atoms with Crippen LogP contribution in [0.15, 0.2) is 31.9 Å². The Bertz CT molecular complexity index is 695. The van der Waals surface area contributed by atoms with Crippen LogP contribution in [0.5, 0.6) is 0 Å². The van der Waals surface area contributed by atoms with Gasteiger partial charge in [0.2, 0.25) is 11.7 Å². The molecule has 3 rings (SSSR count). The van der Waals surface area contributed by atoms with Crippen LogP contribution in [-0.2, 0) is 13.1 Å². The molecule has 0 aliphatic carbocycles. The van der Waals surface area contributed by atoms with E-state index in [4.69, 9.17) is 13.5 Å². The Morgan fingerprint density at radius 3 is 2.67 bits per heavy atom. The van der Waals surface area contributed by atoms with E-state index >= 15 is 0 Å². The fourth-order valence-electron chi connectivity index (χ4n) is 2.11. The van der Waals surface area contributed by atoms with Crippen LogP contribution in [0.3, 0.4) is 0 Å². The molecule has 0 bridgehead atoms. The minimum atomic E-state index is 0.459. The number of aromatic nitrogens is 3. The van der Waals surface area contributed by atoms with Gasteiger partial charge in [-0.25, -0.2) is 0 Å². The Kier molecular flexibility index (Phi) is 3.57. The first-order valence-corrected chi connectivity index (χ1v) is 6.60. The SMILES string of the molecule is Cc1noc(C)c1CN(C)Cc1nc(-c2ccco2)no1. The number of aryl methyl sites for hydroxylation is 2. The van der Waals surface area contributed by atoms with Crippen molar-refractivity contribution in [3.05, 3.63) is 41.3 Å². The molecule has 21 heavy (non-hydrogen) atoms. The number of nitrogens with zero attached hydrogens (tertiary/aromatic N) is 4. The van der Waals surface area contributed by atoms with E-state index in [1.807, 2.05) is 20.9 Å². The van der Waals surface area contributed by atoms with Crippen LogP contribution < -0.4 is 0 Å². The summed E-state index contributed by atoms with van der Waals surface area (Å²) in [6.45, 7) is 5.09. The molecule has 0 aliphatic heterocycles. The summed E-state index contributed by atoms with van der Waals surface area (Å²) in [5.74, 6) is 2.43. The summed E-state index contributed by atoms with van der Waals surface area (Å²) < 4.78 is 15.6. The second-order valence-corrected chi connectivity index (χ2v) is 4.96. The fraction of sp³-hybridized carbons (Fsp3) is 0.357. The highest BCUT2D eigenvalue weighted by Crippen LogP contribution is 2.18. The molecule has 0 unspecified atom stereocenters. The number of hydrogen-bond acceptors (Lipinski definition) is 7. The molecule has 0 spiro atoms. The van der Waals surface area contributed by atoms with Crippen molar-refractivity contribution in [3.8, 4) is 11.6 Å². The lowest BCUT2D eigenvalue weighted by Crippen LogP contribution is -2.18. The van der Waals surface area contributed by atoms with E-state index < -0.39 is 0 Å². The Labute approximate surface area is 121 Å². The molecule has 0 aromatic carbocycles. The van der Waals surface area contributed by atoms with Crippen LogP contribution in [0, 0.1) is 13.8 Å². The van der Waals surface area contributed by atoms with E-state index in [1.54, 1.807) is 18.4 Å². The normalized spacial score (nSPS) is 11.4. The molecule has 3 heterocycles. The highest BCUT2D eigenvalue weighted by atomic mass is 16.5. The first-order chi connectivity index (χ1) is 10.1. The van der Waals surface area contributed by atoms with Gasteiger partial charge in [0.1, 0.15) is 5.76 Å². The van der Waals surface area contributed by atoms with Crippen LogP contribution in [-0.4, -0.2) is 27.2 Å². The summed E-state index contributed by atoms with van der Waals surface area (Å²) in [5, 5.41) is 7.86. The maximum atomic E-state index is 5.24. The van der Waals surface area contributed by atoms with Gasteiger partial charge in [0.25, 0.3) is 0 Å². The molecule has 0 amide bonds. The molecule has 3 aromatic rings. The third-order valence-electron chi connectivity index (χ3n) is 3.22. The van der Waals surface area contributed by atoms with Gasteiger partial charge in [-0.2, -0.15) is 4.98 Å². The van der Waals surface area contributed by atoms with E-state index in [0.29, 0.717) is 30.6 Å². The Hall–Kier alpha value is -2.41. The van der Waals surface area contributed by atoms with Gasteiger partial charge in [0.05, 0.1) is 18.5 Å². The minimum Gasteiger partial charge on any atom is -0.461 e. The van der Waals surface area contributed by atoms with Gasteiger partial charge in [-0.15, -0.1) is 0 Å². The second kappa shape index (κ2) is 5.53. The first-order valence-electron chi connectivity index (χ1n) is 6.60. The molecular formula is C14H16N4O3. The molecule has 0 fully saturated rings. The monoisotopic (exact) mass is 288 g/mol. The van der Waals surface area contributed by atoms with E-state index in [1.165, 1.54) is 0 Å². The first kappa shape index (κ1) is 13.6. The molecule has 0 saturated carbocycles. The van der Waals surface area contributed by atoms with E-state index in [0.717, 1.165) is 17.0 Å². The summed E-state index contributed by atoms with van der Waals surface area (Å²) in [7, 11) is 1.97. The van der Waals surface area contributed by atoms with Crippen molar-refractivity contribution in [1.82, 2.24) is 20.2 Å². The summed E-state index contributed by atoms with van der Waals surface area (Å²) >= 11 is 0. The van der Waals surface area contributed by atoms with Gasteiger partial charge in [0.15, 0.2) is 5.76 Å². The van der Waals surface area contributed by atoms with Crippen LogP contribution in [0.1, 0.15) is 22.9 Å². The van der Waals surface area contributed by atoms with Crippen molar-refractivity contribution in [2.24, 2.45) is 0 Å². The maximum absolute atomic E-state index is 5.24. The Balaban J connectivity index is 1.67. The van der Waals surface area contributed by atoms with Gasteiger partial charge in [0, 0.05) is 12.1 Å². The quantitative estimate of drug-likeness (QED) is 0.713. The van der Waals surface area contributed by atoms with Crippen molar-refractivity contribution < 1.29 is 13.5 Å². The van der Waals surface area contributed by atoms with Gasteiger partial charge < -0.3 is 13.5 Å². The maximum Gasteiger partial charge on any atom is 0.241 e. The van der Waals surface area contributed by atoms with Crippen LogP contribution in [0.2, 0.25) is 0 Å². The Morgan fingerprint density at radius 2 is 2.00 bits per heavy atom. The summed E-state index contributed by atoms with van der Waals surface area (Å²) in [6, 6.07) is 3.58. The standard InChI is InChI=1S/C14H16N4O3/c1-9-11(10(2)20-16-9)7-18(3)8-13-15-14(17-21-13)12-5-4-6-19-12/h4-6H,7-8H2,1-3H3. The van der Waals surface area contributed by atoms with Crippen LogP contribution in [0.25, 0.3) is 11.6 Å². The third kappa shape index (κ3) is 2.87. The molecular weight excluding hydrogens is 272 g/mol. The summed E-state index contributed by atoms with van der Waals surface area (Å²) in [6.07, 6.45) is 1.58. The smallest absolute Gasteiger partial charge is 0.241 e. The molecule has 7 nitrogen and oxygen atoms in total. The summed E-state index contributed by atoms with van der Waals surface area (Å²) in [5.41, 5.74) is 1.99. The number of hydrogen-bond donors (Lipinski definition) is 0. The van der Waals surface area contributed by atoms with Crippen LogP contribution in [0.4, 0.5) is 0 Å². The molecule has 0 N–H and O–H groups in total. The number of rotatable bonds is 5. The zero-order valence-corrected chi connectivity index (χ0v) is 12.2. The zero-order chi connectivity index (χ0) is 14.8. The van der Waals surface area contributed by atoms with E-state index in [2.05, 4.69) is 20.2 Å². The molecule has 110 valence electrons. The third-order valence-corrected chi connectivity index (χ3v) is 3.22. The van der Waals surface area contributed by atoms with Gasteiger partial charge in [-0.05, 0) is 33.0 Å². The molecule has 0 aliphatic rings. The van der Waals surface area contributed by atoms with Crippen molar-refractivity contribution in [1.29, 1.82) is 0 Å².